The van der Waals surface area contributed by atoms with E-state index in [1.807, 2.05) is 42.6 Å². The van der Waals surface area contributed by atoms with Crippen LogP contribution in [0.4, 0.5) is 13.2 Å². The van der Waals surface area contributed by atoms with Gasteiger partial charge in [0, 0.05) is 25.6 Å². The second-order valence-corrected chi connectivity index (χ2v) is 16.5. The van der Waals surface area contributed by atoms with Gasteiger partial charge in [0.1, 0.15) is 12.5 Å². The molecule has 0 bridgehead atoms. The molecule has 4 heterocycles. The van der Waals surface area contributed by atoms with Gasteiger partial charge >= 0.3 is 18.1 Å². The van der Waals surface area contributed by atoms with Gasteiger partial charge in [0.25, 0.3) is 5.56 Å². The second kappa shape index (κ2) is 10.5. The highest BCUT2D eigenvalue weighted by atomic mass is 28.3. The fraction of sp³-hybridized carbons (Fsp3) is 0.414. The van der Waals surface area contributed by atoms with E-state index < -0.39 is 26.1 Å². The number of para-hydroxylation sites is 1. The smallest absolute Gasteiger partial charge is 0.460 e. The van der Waals surface area contributed by atoms with E-state index in [0.717, 1.165) is 46.2 Å². The molecular weight excluding hydrogens is 539 g/mol. The number of cyclic esters (lactones) is 1. The third-order valence-electron chi connectivity index (χ3n) is 7.97. The van der Waals surface area contributed by atoms with Crippen LogP contribution in [0, 0.1) is 5.92 Å². The summed E-state index contributed by atoms with van der Waals surface area (Å²) in [6.45, 7) is 6.60. The van der Waals surface area contributed by atoms with Gasteiger partial charge in [-0.15, -0.1) is 0 Å². The van der Waals surface area contributed by atoms with Crippen LogP contribution in [0.2, 0.25) is 25.2 Å². The van der Waals surface area contributed by atoms with Crippen LogP contribution in [0.5, 0.6) is 0 Å². The van der Waals surface area contributed by atoms with Crippen LogP contribution in [-0.4, -0.2) is 42.2 Å². The van der Waals surface area contributed by atoms with Crippen LogP contribution >= 0.6 is 0 Å². The predicted octanol–water partition coefficient (Wildman–Crippen LogP) is 5.13. The Hall–Kier alpha value is -3.47. The molecule has 2 aliphatic rings. The molecule has 2 aliphatic heterocycles. The molecule has 1 aromatic carbocycles. The molecule has 40 heavy (non-hydrogen) atoms. The molecular formula is C29H31F3N3O4Si. The fourth-order valence-electron chi connectivity index (χ4n) is 5.72. The van der Waals surface area contributed by atoms with E-state index in [0.29, 0.717) is 42.1 Å². The minimum Gasteiger partial charge on any atom is -0.460 e. The van der Waals surface area contributed by atoms with E-state index in [1.54, 1.807) is 4.57 Å². The van der Waals surface area contributed by atoms with E-state index in [-0.39, 0.29) is 18.7 Å². The molecule has 7 nitrogen and oxygen atoms in total. The van der Waals surface area contributed by atoms with Crippen LogP contribution in [0.25, 0.3) is 22.3 Å². The lowest BCUT2D eigenvalue weighted by atomic mass is 9.90. The Morgan fingerprint density at radius 1 is 1.15 bits per heavy atom. The van der Waals surface area contributed by atoms with Crippen molar-refractivity contribution >= 4 is 30.9 Å². The molecule has 5 rings (SSSR count). The first kappa shape index (κ1) is 28.1. The van der Waals surface area contributed by atoms with Crippen molar-refractivity contribution in [3.05, 3.63) is 68.9 Å². The molecule has 2 aromatic heterocycles. The average Bonchev–Trinajstić information content (AvgIpc) is 3.27. The lowest BCUT2D eigenvalue weighted by Crippen LogP contribution is -2.38. The Balaban J connectivity index is 1.43. The zero-order chi connectivity index (χ0) is 28.8. The molecule has 1 radical (unpaired) electrons. The zero-order valence-electron chi connectivity index (χ0n) is 22.7. The van der Waals surface area contributed by atoms with Crippen LogP contribution in [0.15, 0.2) is 35.1 Å². The normalized spacial score (nSPS) is 15.0. The van der Waals surface area contributed by atoms with Gasteiger partial charge in [-0.2, -0.15) is 13.2 Å². The van der Waals surface area contributed by atoms with E-state index >= 15 is 0 Å². The Labute approximate surface area is 230 Å². The van der Waals surface area contributed by atoms with Crippen LogP contribution in [-0.2, 0) is 33.9 Å². The number of halogens is 3. The standard InChI is InChI=1S/C29H31F3N3O4Si/c1-4-17-20-14-24-25-21(15-35(24)26(36)22(20)16-39-27(17)37)18(19-8-5-6-9-23(19)34-25)10-13-40(2,3)12-7-11-33-28(38)29(30,31)32/h5-6,8-9,14H,4,7,10-13,15-16H2,1-3H3,(H,33,38). The van der Waals surface area contributed by atoms with Crippen LogP contribution in [0.3, 0.4) is 0 Å². The van der Waals surface area contributed by atoms with E-state index in [4.69, 9.17) is 9.72 Å². The van der Waals surface area contributed by atoms with Crippen molar-refractivity contribution in [3.8, 4) is 11.4 Å². The number of amides is 1. The molecule has 211 valence electrons. The highest BCUT2D eigenvalue weighted by Crippen LogP contribution is 2.39. The Morgan fingerprint density at radius 2 is 1.90 bits per heavy atom. The van der Waals surface area contributed by atoms with Gasteiger partial charge in [-0.3, -0.25) is 14.4 Å². The maximum atomic E-state index is 13.6. The molecule has 0 atom stereocenters. The van der Waals surface area contributed by atoms with Gasteiger partial charge in [0.05, 0.1) is 29.0 Å². The fourth-order valence-corrected chi connectivity index (χ4v) is 8.03. The monoisotopic (exact) mass is 570 g/mol. The maximum Gasteiger partial charge on any atom is 0.471 e. The first-order valence-corrected chi connectivity index (χ1v) is 16.9. The number of alkyl halides is 3. The van der Waals surface area contributed by atoms with Crippen LogP contribution < -0.4 is 10.9 Å². The number of aromatic nitrogens is 2. The van der Waals surface area contributed by atoms with Gasteiger partial charge < -0.3 is 14.6 Å². The lowest BCUT2D eigenvalue weighted by molar-refractivity contribution is -0.173. The first-order valence-electron chi connectivity index (χ1n) is 13.5. The number of benzene rings is 1. The molecule has 0 spiro atoms. The molecule has 1 N–H and O–H groups in total. The van der Waals surface area contributed by atoms with Crippen molar-refractivity contribution in [2.75, 3.05) is 6.54 Å². The van der Waals surface area contributed by atoms with E-state index in [1.165, 1.54) is 0 Å². The summed E-state index contributed by atoms with van der Waals surface area (Å²) in [7, 11) is -1.84. The SMILES string of the molecule is CC[C]1C(=O)OCc2c1cc1n(c2=O)Cc2c-1nc1ccccc1c2CC[Si](C)(C)CCCNC(=O)C(F)(F)F. The molecule has 0 unspecified atom stereocenters. The van der Waals surface area contributed by atoms with Crippen molar-refractivity contribution in [1.82, 2.24) is 14.9 Å². The topological polar surface area (TPSA) is 90.3 Å². The minimum atomic E-state index is -4.87. The molecule has 3 aromatic rings. The summed E-state index contributed by atoms with van der Waals surface area (Å²) in [6, 6.07) is 11.4. The summed E-state index contributed by atoms with van der Waals surface area (Å²) in [6.07, 6.45) is -3.18. The van der Waals surface area contributed by atoms with E-state index in [2.05, 4.69) is 13.1 Å². The summed E-state index contributed by atoms with van der Waals surface area (Å²) in [4.78, 5) is 42.0. The van der Waals surface area contributed by atoms with Gasteiger partial charge in [0.2, 0.25) is 0 Å². The number of carbonyl (C=O) groups is 2. The van der Waals surface area contributed by atoms with Crippen molar-refractivity contribution in [2.24, 2.45) is 0 Å². The third-order valence-corrected chi connectivity index (χ3v) is 11.3. The van der Waals surface area contributed by atoms with Crippen molar-refractivity contribution < 1.29 is 27.5 Å². The highest BCUT2D eigenvalue weighted by Gasteiger charge is 2.38. The van der Waals surface area contributed by atoms with Crippen molar-refractivity contribution in [1.29, 1.82) is 0 Å². The molecule has 0 aliphatic carbocycles. The number of nitrogens with zero attached hydrogens (tertiary/aromatic N) is 2. The number of fused-ring (bicyclic) bond motifs is 5. The third kappa shape index (κ3) is 5.18. The van der Waals surface area contributed by atoms with Crippen molar-refractivity contribution in [3.63, 3.8) is 0 Å². The number of hydrogen-bond acceptors (Lipinski definition) is 5. The lowest BCUT2D eigenvalue weighted by Gasteiger charge is -2.23. The van der Waals surface area contributed by atoms with Gasteiger partial charge in [-0.05, 0) is 42.5 Å². The number of ether oxygens (including phenoxy) is 1. The van der Waals surface area contributed by atoms with Crippen LogP contribution in [0.1, 0.15) is 42.0 Å². The largest absolute Gasteiger partial charge is 0.471 e. The number of esters is 1. The van der Waals surface area contributed by atoms with Gasteiger partial charge in [0.15, 0.2) is 0 Å². The maximum absolute atomic E-state index is 13.6. The minimum absolute atomic E-state index is 0.00572. The number of hydrogen-bond donors (Lipinski definition) is 1. The number of pyridine rings is 2. The molecule has 0 saturated carbocycles. The second-order valence-electron chi connectivity index (χ2n) is 11.2. The van der Waals surface area contributed by atoms with Gasteiger partial charge in [-0.1, -0.05) is 50.3 Å². The number of rotatable bonds is 8. The summed E-state index contributed by atoms with van der Waals surface area (Å²) < 4.78 is 44.4. The first-order chi connectivity index (χ1) is 18.9. The number of aryl methyl sites for hydroxylation is 1. The summed E-state index contributed by atoms with van der Waals surface area (Å²) >= 11 is 0. The Kier molecular flexibility index (Phi) is 7.36. The zero-order valence-corrected chi connectivity index (χ0v) is 23.7. The number of nitrogens with one attached hydrogen (secondary N) is 1. The predicted molar refractivity (Wildman–Crippen MR) is 147 cm³/mol. The Bertz CT molecular complexity index is 1560. The quantitative estimate of drug-likeness (QED) is 0.180. The number of carbonyl (C=O) groups excluding carboxylic acids is 2. The molecule has 11 heteroatoms. The molecule has 1 amide bonds. The molecule has 0 saturated heterocycles. The van der Waals surface area contributed by atoms with E-state index in [9.17, 15) is 27.6 Å². The van der Waals surface area contributed by atoms with Crippen molar-refractivity contribution in [2.45, 2.75) is 70.7 Å². The van der Waals surface area contributed by atoms with Gasteiger partial charge in [-0.25, -0.2) is 4.98 Å². The Morgan fingerprint density at radius 3 is 2.62 bits per heavy atom. The average molecular weight is 571 g/mol. The summed E-state index contributed by atoms with van der Waals surface area (Å²) in [5, 5.41) is 2.98. The summed E-state index contributed by atoms with van der Waals surface area (Å²) in [5.41, 5.74) is 5.35. The highest BCUT2D eigenvalue weighted by molar-refractivity contribution is 6.77. The molecule has 0 fully saturated rings. The summed E-state index contributed by atoms with van der Waals surface area (Å²) in [5.74, 6) is -1.80.